The first-order chi connectivity index (χ1) is 15.8. The molecule has 4 rings (SSSR count). The number of nitrogens with one attached hydrogen (secondary N) is 1. The lowest BCUT2D eigenvalue weighted by molar-refractivity contribution is -0.143. The van der Waals surface area contributed by atoms with Gasteiger partial charge in [0, 0.05) is 24.8 Å². The van der Waals surface area contributed by atoms with Crippen LogP contribution < -0.4 is 9.46 Å². The Labute approximate surface area is 196 Å². The maximum atomic E-state index is 13.2. The van der Waals surface area contributed by atoms with Crippen molar-refractivity contribution in [2.45, 2.75) is 50.8 Å². The molecule has 1 saturated heterocycles. The topological polar surface area (TPSA) is 84.9 Å². The second-order valence-corrected chi connectivity index (χ2v) is 10.6. The Bertz CT molecular complexity index is 1090. The third kappa shape index (κ3) is 5.93. The molecule has 2 aliphatic rings. The number of hydrogen-bond donors (Lipinski definition) is 1. The molecule has 0 aliphatic carbocycles. The van der Waals surface area contributed by atoms with E-state index in [9.17, 15) is 13.2 Å². The van der Waals surface area contributed by atoms with Gasteiger partial charge in [-0.2, -0.15) is 0 Å². The van der Waals surface area contributed by atoms with Gasteiger partial charge in [-0.05, 0) is 49.8 Å². The molecular formula is C25H32N2O5S. The summed E-state index contributed by atoms with van der Waals surface area (Å²) in [4.78, 5) is 15.0. The van der Waals surface area contributed by atoms with Crippen molar-refractivity contribution in [3.8, 4) is 16.9 Å². The van der Waals surface area contributed by atoms with Crippen LogP contribution in [0.25, 0.3) is 11.1 Å². The molecule has 2 aromatic carbocycles. The number of sulfonamides is 1. The fraction of sp³-hybridized carbons (Fsp3) is 0.480. The van der Waals surface area contributed by atoms with Gasteiger partial charge in [0.05, 0.1) is 18.9 Å². The minimum Gasteiger partial charge on any atom is -0.493 e. The first kappa shape index (κ1) is 23.7. The number of fused-ring (bicyclic) bond motifs is 5. The van der Waals surface area contributed by atoms with Crippen LogP contribution in [0.2, 0.25) is 0 Å². The standard InChI is InChI=1S/C25H32N2O5S/c1-18-25(28)27-13-12-22(26-33(2,29)30)23(27)17-19-8-7-9-20(16-19)21-10-3-4-11-24(21)32-15-6-5-14-31-18/h3-4,7-11,16,18,22-23,26H,5-6,12-15,17H2,1-2H3/t18-,22?,23?/m0/s1. The molecule has 2 unspecified atom stereocenters. The molecule has 7 nitrogen and oxygen atoms in total. The summed E-state index contributed by atoms with van der Waals surface area (Å²) in [6.45, 7) is 3.32. The molecule has 0 spiro atoms. The molecule has 1 amide bonds. The quantitative estimate of drug-likeness (QED) is 0.726. The summed E-state index contributed by atoms with van der Waals surface area (Å²) in [5.41, 5.74) is 3.09. The largest absolute Gasteiger partial charge is 0.493 e. The number of para-hydroxylation sites is 1. The number of amides is 1. The lowest BCUT2D eigenvalue weighted by Gasteiger charge is -2.30. The highest BCUT2D eigenvalue weighted by Gasteiger charge is 2.40. The van der Waals surface area contributed by atoms with Crippen molar-refractivity contribution in [1.82, 2.24) is 9.62 Å². The van der Waals surface area contributed by atoms with Gasteiger partial charge in [0.2, 0.25) is 10.0 Å². The first-order valence-corrected chi connectivity index (χ1v) is 13.4. The van der Waals surface area contributed by atoms with Gasteiger partial charge in [0.15, 0.2) is 0 Å². The third-order valence-corrected chi connectivity index (χ3v) is 7.01. The third-order valence-electron chi connectivity index (χ3n) is 6.28. The van der Waals surface area contributed by atoms with Crippen LogP contribution in [0.3, 0.4) is 0 Å². The number of carbonyl (C=O) groups excluding carboxylic acids is 1. The highest BCUT2D eigenvalue weighted by atomic mass is 32.2. The van der Waals surface area contributed by atoms with Gasteiger partial charge < -0.3 is 14.4 Å². The van der Waals surface area contributed by atoms with Gasteiger partial charge >= 0.3 is 0 Å². The highest BCUT2D eigenvalue weighted by Crippen LogP contribution is 2.32. The Morgan fingerprint density at radius 3 is 2.67 bits per heavy atom. The first-order valence-electron chi connectivity index (χ1n) is 11.5. The van der Waals surface area contributed by atoms with Gasteiger partial charge in [0.1, 0.15) is 11.9 Å². The monoisotopic (exact) mass is 472 g/mol. The van der Waals surface area contributed by atoms with Gasteiger partial charge in [-0.1, -0.05) is 42.5 Å². The van der Waals surface area contributed by atoms with Crippen molar-refractivity contribution in [1.29, 1.82) is 0 Å². The highest BCUT2D eigenvalue weighted by molar-refractivity contribution is 7.88. The predicted octanol–water partition coefficient (Wildman–Crippen LogP) is 2.99. The number of benzene rings is 2. The van der Waals surface area contributed by atoms with Crippen molar-refractivity contribution >= 4 is 15.9 Å². The maximum Gasteiger partial charge on any atom is 0.251 e. The van der Waals surface area contributed by atoms with E-state index in [0.717, 1.165) is 41.5 Å². The summed E-state index contributed by atoms with van der Waals surface area (Å²) in [6.07, 6.45) is 3.31. The minimum atomic E-state index is -3.40. The summed E-state index contributed by atoms with van der Waals surface area (Å²) in [5, 5.41) is 0. The van der Waals surface area contributed by atoms with Crippen molar-refractivity contribution in [2.24, 2.45) is 0 Å². The molecule has 33 heavy (non-hydrogen) atoms. The Balaban J connectivity index is 1.70. The molecule has 178 valence electrons. The van der Waals surface area contributed by atoms with E-state index in [1.54, 1.807) is 11.8 Å². The summed E-state index contributed by atoms with van der Waals surface area (Å²) in [6, 6.07) is 15.5. The minimum absolute atomic E-state index is 0.0948. The van der Waals surface area contributed by atoms with Crippen molar-refractivity contribution < 1.29 is 22.7 Å². The van der Waals surface area contributed by atoms with E-state index in [4.69, 9.17) is 9.47 Å². The van der Waals surface area contributed by atoms with Crippen LogP contribution >= 0.6 is 0 Å². The summed E-state index contributed by atoms with van der Waals surface area (Å²) in [5.74, 6) is 0.743. The van der Waals surface area contributed by atoms with Crippen LogP contribution in [0.15, 0.2) is 48.5 Å². The number of rotatable bonds is 2. The molecule has 1 fully saturated rings. The van der Waals surface area contributed by atoms with Crippen LogP contribution in [0.5, 0.6) is 5.75 Å². The van der Waals surface area contributed by atoms with E-state index in [1.165, 1.54) is 0 Å². The van der Waals surface area contributed by atoms with Crippen molar-refractivity contribution in [2.75, 3.05) is 26.0 Å². The Kier molecular flexibility index (Phi) is 7.36. The number of nitrogens with zero attached hydrogens (tertiary/aromatic N) is 1. The molecule has 0 aromatic heterocycles. The number of carbonyl (C=O) groups is 1. The zero-order chi connectivity index (χ0) is 23.4. The zero-order valence-corrected chi connectivity index (χ0v) is 20.0. The van der Waals surface area contributed by atoms with Crippen molar-refractivity contribution in [3.05, 3.63) is 54.1 Å². The smallest absolute Gasteiger partial charge is 0.251 e. The maximum absolute atomic E-state index is 13.2. The van der Waals surface area contributed by atoms with E-state index in [-0.39, 0.29) is 18.0 Å². The number of hydrogen-bond acceptors (Lipinski definition) is 5. The Hall–Kier alpha value is -2.42. The van der Waals surface area contributed by atoms with E-state index >= 15 is 0 Å². The Morgan fingerprint density at radius 1 is 1.06 bits per heavy atom. The van der Waals surface area contributed by atoms with Crippen LogP contribution in [0, 0.1) is 0 Å². The average molecular weight is 473 g/mol. The molecule has 1 N–H and O–H groups in total. The number of ether oxygens (including phenoxy) is 2. The average Bonchev–Trinajstić information content (AvgIpc) is 3.15. The van der Waals surface area contributed by atoms with E-state index in [0.29, 0.717) is 32.6 Å². The lowest BCUT2D eigenvalue weighted by atomic mass is 9.96. The predicted molar refractivity (Wildman–Crippen MR) is 128 cm³/mol. The van der Waals surface area contributed by atoms with E-state index in [2.05, 4.69) is 16.9 Å². The van der Waals surface area contributed by atoms with Gasteiger partial charge in [-0.15, -0.1) is 0 Å². The normalized spacial score (nSPS) is 24.6. The molecule has 0 saturated carbocycles. The molecular weight excluding hydrogens is 440 g/mol. The fourth-order valence-electron chi connectivity index (χ4n) is 4.68. The van der Waals surface area contributed by atoms with Crippen molar-refractivity contribution in [3.63, 3.8) is 0 Å². The lowest BCUT2D eigenvalue weighted by Crippen LogP contribution is -2.50. The van der Waals surface area contributed by atoms with E-state index in [1.807, 2.05) is 36.4 Å². The molecule has 2 bridgehead atoms. The second kappa shape index (κ2) is 10.2. The fourth-order valence-corrected chi connectivity index (χ4v) is 5.51. The van der Waals surface area contributed by atoms with E-state index < -0.39 is 16.1 Å². The van der Waals surface area contributed by atoms with Gasteiger partial charge in [-0.3, -0.25) is 4.79 Å². The van der Waals surface area contributed by atoms with Crippen LogP contribution in [0.1, 0.15) is 31.7 Å². The SMILES string of the molecule is C[C@@H]1OCCCCOc2ccccc2-c2cccc(c2)CC2C(NS(C)(=O)=O)CCN2C1=O. The van der Waals surface area contributed by atoms with Crippen LogP contribution in [-0.2, 0) is 26.0 Å². The Morgan fingerprint density at radius 2 is 1.85 bits per heavy atom. The zero-order valence-electron chi connectivity index (χ0n) is 19.2. The van der Waals surface area contributed by atoms with Crippen LogP contribution in [0.4, 0.5) is 0 Å². The molecule has 2 aromatic rings. The molecule has 8 heteroatoms. The second-order valence-electron chi connectivity index (χ2n) is 8.85. The molecule has 2 aliphatic heterocycles. The summed E-state index contributed by atoms with van der Waals surface area (Å²) in [7, 11) is -3.40. The van der Waals surface area contributed by atoms with Gasteiger partial charge in [-0.25, -0.2) is 13.1 Å². The van der Waals surface area contributed by atoms with Crippen LogP contribution in [-0.4, -0.2) is 63.4 Å². The molecule has 3 atom stereocenters. The molecule has 0 radical (unpaired) electrons. The summed E-state index contributed by atoms with van der Waals surface area (Å²) < 4.78 is 38.6. The summed E-state index contributed by atoms with van der Waals surface area (Å²) >= 11 is 0. The molecule has 2 heterocycles. The van der Waals surface area contributed by atoms with Gasteiger partial charge in [0.25, 0.3) is 5.91 Å².